The zero-order valence-corrected chi connectivity index (χ0v) is 15.4. The molecule has 0 spiro atoms. The van der Waals surface area contributed by atoms with Gasteiger partial charge in [0, 0.05) is 12.6 Å². The minimum Gasteiger partial charge on any atom is -0.326 e. The largest absolute Gasteiger partial charge is 0.326 e. The molecular formula is C18H16N4OS2. The quantitative estimate of drug-likeness (QED) is 0.521. The molecule has 0 aliphatic heterocycles. The van der Waals surface area contributed by atoms with Gasteiger partial charge in [0.2, 0.25) is 5.91 Å². The number of carbonyl (C=O) groups excluding carboxylic acids is 1. The van der Waals surface area contributed by atoms with Crippen LogP contribution >= 0.6 is 22.7 Å². The maximum absolute atomic E-state index is 11.2. The van der Waals surface area contributed by atoms with E-state index in [4.69, 9.17) is 0 Å². The number of rotatable bonds is 4. The third-order valence-electron chi connectivity index (χ3n) is 3.78. The Kier molecular flexibility index (Phi) is 4.10. The lowest BCUT2D eigenvalue weighted by Gasteiger charge is -1.99. The van der Waals surface area contributed by atoms with E-state index < -0.39 is 0 Å². The molecule has 0 bridgehead atoms. The first-order chi connectivity index (χ1) is 12.1. The maximum Gasteiger partial charge on any atom is 0.221 e. The summed E-state index contributed by atoms with van der Waals surface area (Å²) in [6.45, 7) is 3.65. The van der Waals surface area contributed by atoms with E-state index in [2.05, 4.69) is 45.7 Å². The predicted molar refractivity (Wildman–Crippen MR) is 106 cm³/mol. The molecule has 2 aromatic carbocycles. The van der Waals surface area contributed by atoms with Crippen molar-refractivity contribution < 1.29 is 4.79 Å². The minimum atomic E-state index is -0.0804. The maximum atomic E-state index is 11.2. The number of aromatic nitrogens is 2. The van der Waals surface area contributed by atoms with Crippen molar-refractivity contribution in [2.45, 2.75) is 20.3 Å². The van der Waals surface area contributed by atoms with Crippen LogP contribution in [0.1, 0.15) is 19.4 Å². The summed E-state index contributed by atoms with van der Waals surface area (Å²) in [4.78, 5) is 20.4. The van der Waals surface area contributed by atoms with Crippen molar-refractivity contribution in [1.82, 2.24) is 9.97 Å². The molecular weight excluding hydrogens is 352 g/mol. The number of amides is 1. The van der Waals surface area contributed by atoms with E-state index in [1.807, 2.05) is 18.2 Å². The smallest absolute Gasteiger partial charge is 0.221 e. The molecule has 0 aliphatic rings. The van der Waals surface area contributed by atoms with E-state index in [1.165, 1.54) is 17.2 Å². The molecule has 25 heavy (non-hydrogen) atoms. The van der Waals surface area contributed by atoms with Crippen molar-refractivity contribution in [2.75, 3.05) is 10.6 Å². The molecule has 0 aliphatic carbocycles. The average molecular weight is 368 g/mol. The summed E-state index contributed by atoms with van der Waals surface area (Å²) in [5.74, 6) is -0.0804. The Labute approximate surface area is 152 Å². The van der Waals surface area contributed by atoms with Crippen LogP contribution in [0.5, 0.6) is 0 Å². The minimum absolute atomic E-state index is 0.0804. The lowest BCUT2D eigenvalue weighted by atomic mass is 10.2. The van der Waals surface area contributed by atoms with Gasteiger partial charge in [-0.3, -0.25) is 4.79 Å². The molecule has 2 N–H and O–H groups in total. The molecule has 7 heteroatoms. The SMILES string of the molecule is CCc1ccc2nc(Nc3nc4ccc(NC(C)=O)cc4s3)sc2c1. The summed E-state index contributed by atoms with van der Waals surface area (Å²) in [5, 5.41) is 7.74. The Hall–Kier alpha value is -2.51. The molecule has 0 atom stereocenters. The molecule has 2 heterocycles. The van der Waals surface area contributed by atoms with Gasteiger partial charge >= 0.3 is 0 Å². The number of thiazole rings is 2. The fourth-order valence-electron chi connectivity index (χ4n) is 2.59. The van der Waals surface area contributed by atoms with Crippen LogP contribution in [0.4, 0.5) is 16.0 Å². The third kappa shape index (κ3) is 3.33. The van der Waals surface area contributed by atoms with Gasteiger partial charge in [0.15, 0.2) is 10.3 Å². The normalized spacial score (nSPS) is 11.1. The molecule has 2 aromatic heterocycles. The highest BCUT2D eigenvalue weighted by Crippen LogP contribution is 2.33. The number of hydrogen-bond acceptors (Lipinski definition) is 6. The monoisotopic (exact) mass is 368 g/mol. The van der Waals surface area contributed by atoms with Crippen LogP contribution in [-0.2, 0) is 11.2 Å². The topological polar surface area (TPSA) is 66.9 Å². The summed E-state index contributed by atoms with van der Waals surface area (Å²) in [6, 6.07) is 12.1. The van der Waals surface area contributed by atoms with E-state index >= 15 is 0 Å². The first kappa shape index (κ1) is 16.0. The van der Waals surface area contributed by atoms with Gasteiger partial charge in [-0.15, -0.1) is 0 Å². The van der Waals surface area contributed by atoms with Gasteiger partial charge in [-0.25, -0.2) is 9.97 Å². The first-order valence-electron chi connectivity index (χ1n) is 7.95. The van der Waals surface area contributed by atoms with E-state index in [0.29, 0.717) is 0 Å². The van der Waals surface area contributed by atoms with E-state index in [0.717, 1.165) is 38.1 Å². The average Bonchev–Trinajstić information content (AvgIpc) is 3.15. The number of fused-ring (bicyclic) bond motifs is 2. The number of nitrogens with one attached hydrogen (secondary N) is 2. The number of hydrogen-bond donors (Lipinski definition) is 2. The number of benzene rings is 2. The highest BCUT2D eigenvalue weighted by atomic mass is 32.1. The Morgan fingerprint density at radius 3 is 2.28 bits per heavy atom. The second-order valence-corrected chi connectivity index (χ2v) is 7.74. The highest BCUT2D eigenvalue weighted by molar-refractivity contribution is 7.24. The van der Waals surface area contributed by atoms with Crippen molar-refractivity contribution in [1.29, 1.82) is 0 Å². The zero-order chi connectivity index (χ0) is 17.4. The van der Waals surface area contributed by atoms with Crippen LogP contribution < -0.4 is 10.6 Å². The molecule has 0 saturated heterocycles. The van der Waals surface area contributed by atoms with Crippen LogP contribution in [0.15, 0.2) is 36.4 Å². The molecule has 0 saturated carbocycles. The van der Waals surface area contributed by atoms with Crippen molar-refractivity contribution in [3.8, 4) is 0 Å². The van der Waals surface area contributed by atoms with Gasteiger partial charge in [-0.1, -0.05) is 35.7 Å². The number of anilines is 3. The lowest BCUT2D eigenvalue weighted by Crippen LogP contribution is -2.05. The molecule has 5 nitrogen and oxygen atoms in total. The Bertz CT molecular complexity index is 1080. The molecule has 1 amide bonds. The van der Waals surface area contributed by atoms with Crippen LogP contribution in [0.2, 0.25) is 0 Å². The van der Waals surface area contributed by atoms with Crippen LogP contribution in [0.25, 0.3) is 20.4 Å². The van der Waals surface area contributed by atoms with Crippen LogP contribution in [0, 0.1) is 0 Å². The van der Waals surface area contributed by atoms with Gasteiger partial charge in [-0.2, -0.15) is 0 Å². The van der Waals surface area contributed by atoms with Crippen LogP contribution in [0.3, 0.4) is 0 Å². The Morgan fingerprint density at radius 2 is 1.64 bits per heavy atom. The van der Waals surface area contributed by atoms with E-state index in [9.17, 15) is 4.79 Å². The van der Waals surface area contributed by atoms with E-state index in [1.54, 1.807) is 22.7 Å². The molecule has 4 aromatic rings. The van der Waals surface area contributed by atoms with Crippen molar-refractivity contribution in [3.05, 3.63) is 42.0 Å². The zero-order valence-electron chi connectivity index (χ0n) is 13.8. The van der Waals surface area contributed by atoms with Crippen molar-refractivity contribution in [2.24, 2.45) is 0 Å². The van der Waals surface area contributed by atoms with Crippen molar-refractivity contribution >= 4 is 65.0 Å². The third-order valence-corrected chi connectivity index (χ3v) is 5.65. The van der Waals surface area contributed by atoms with Gasteiger partial charge in [0.05, 0.1) is 20.4 Å². The second-order valence-electron chi connectivity index (χ2n) is 5.68. The standard InChI is InChI=1S/C18H16N4OS2/c1-3-11-4-6-13-15(8-11)24-17(20-13)22-18-21-14-7-5-12(19-10(2)23)9-16(14)25-18/h4-9H,3H2,1-2H3,(H,19,23)(H,20,21,22). The van der Waals surface area contributed by atoms with Crippen LogP contribution in [-0.4, -0.2) is 15.9 Å². The molecule has 4 rings (SSSR count). The summed E-state index contributed by atoms with van der Waals surface area (Å²) in [6.07, 6.45) is 1.02. The fourth-order valence-corrected chi connectivity index (χ4v) is 4.49. The Morgan fingerprint density at radius 1 is 1.00 bits per heavy atom. The van der Waals surface area contributed by atoms with Crippen molar-refractivity contribution in [3.63, 3.8) is 0 Å². The number of nitrogens with zero attached hydrogens (tertiary/aromatic N) is 2. The highest BCUT2D eigenvalue weighted by Gasteiger charge is 2.09. The summed E-state index contributed by atoms with van der Waals surface area (Å²) < 4.78 is 2.19. The predicted octanol–water partition coefficient (Wildman–Crippen LogP) is 5.17. The number of aryl methyl sites for hydroxylation is 1. The van der Waals surface area contributed by atoms with Gasteiger partial charge in [-0.05, 0) is 42.3 Å². The molecule has 0 radical (unpaired) electrons. The van der Waals surface area contributed by atoms with Gasteiger partial charge in [0.25, 0.3) is 0 Å². The molecule has 0 unspecified atom stereocenters. The Balaban J connectivity index is 1.62. The van der Waals surface area contributed by atoms with Gasteiger partial charge < -0.3 is 10.6 Å². The van der Waals surface area contributed by atoms with Gasteiger partial charge in [0.1, 0.15) is 0 Å². The fraction of sp³-hybridized carbons (Fsp3) is 0.167. The first-order valence-corrected chi connectivity index (χ1v) is 9.58. The summed E-state index contributed by atoms with van der Waals surface area (Å²) in [5.41, 5.74) is 3.99. The number of carbonyl (C=O) groups is 1. The second kappa shape index (κ2) is 6.42. The molecule has 126 valence electrons. The lowest BCUT2D eigenvalue weighted by molar-refractivity contribution is -0.114. The molecule has 0 fully saturated rings. The summed E-state index contributed by atoms with van der Waals surface area (Å²) in [7, 11) is 0. The van der Waals surface area contributed by atoms with E-state index in [-0.39, 0.29) is 5.91 Å². The summed E-state index contributed by atoms with van der Waals surface area (Å²) >= 11 is 3.17.